The van der Waals surface area contributed by atoms with Crippen molar-refractivity contribution in [2.45, 2.75) is 11.8 Å². The molecule has 0 spiro atoms. The van der Waals surface area contributed by atoms with E-state index in [1.807, 2.05) is 0 Å². The lowest BCUT2D eigenvalue weighted by atomic mass is 10.1. The van der Waals surface area contributed by atoms with Gasteiger partial charge in [-0.15, -0.1) is 0 Å². The van der Waals surface area contributed by atoms with E-state index in [1.165, 1.54) is 12.1 Å². The molecule has 0 aliphatic heterocycles. The molecule has 2 aromatic rings. The number of rotatable bonds is 5. The summed E-state index contributed by atoms with van der Waals surface area (Å²) in [5.41, 5.74) is -0.526. The molecule has 0 saturated carbocycles. The second kappa shape index (κ2) is 6.10. The molecule has 0 atom stereocenters. The van der Waals surface area contributed by atoms with Crippen molar-refractivity contribution in [2.75, 3.05) is 12.4 Å². The summed E-state index contributed by atoms with van der Waals surface area (Å²) in [4.78, 5) is 21.5. The molecule has 0 radical (unpaired) electrons. The lowest BCUT2D eigenvalue weighted by molar-refractivity contribution is -0.386. The Labute approximate surface area is 126 Å². The molecule has 0 N–H and O–H groups in total. The van der Waals surface area contributed by atoms with Gasteiger partial charge in [0.25, 0.3) is 5.69 Å². The molecule has 0 amide bonds. The molecule has 2 aromatic carbocycles. The van der Waals surface area contributed by atoms with Crippen LogP contribution in [0.25, 0.3) is 10.8 Å². The number of nitro groups is 1. The SMILES string of the molecule is CCOC(=O)CS(=O)(=O)c1ccc2ccccc2c1[N+](=O)[O-]. The van der Waals surface area contributed by atoms with Crippen molar-refractivity contribution in [2.24, 2.45) is 0 Å². The normalized spacial score (nSPS) is 11.3. The number of fused-ring (bicyclic) bond motifs is 1. The zero-order valence-electron chi connectivity index (χ0n) is 11.7. The average molecular weight is 323 g/mol. The monoisotopic (exact) mass is 323 g/mol. The highest BCUT2D eigenvalue weighted by atomic mass is 32.2. The van der Waals surface area contributed by atoms with Crippen LogP contribution in [0.3, 0.4) is 0 Å². The van der Waals surface area contributed by atoms with Gasteiger partial charge in [-0.25, -0.2) is 8.42 Å². The number of nitrogens with zero attached hydrogens (tertiary/aromatic N) is 1. The molecule has 8 heteroatoms. The summed E-state index contributed by atoms with van der Waals surface area (Å²) in [5.74, 6) is -1.87. The van der Waals surface area contributed by atoms with Gasteiger partial charge in [-0.2, -0.15) is 0 Å². The Morgan fingerprint density at radius 2 is 1.91 bits per heavy atom. The van der Waals surface area contributed by atoms with Gasteiger partial charge >= 0.3 is 5.97 Å². The van der Waals surface area contributed by atoms with Crippen LogP contribution in [0.15, 0.2) is 41.3 Å². The number of carbonyl (C=O) groups is 1. The van der Waals surface area contributed by atoms with Crippen molar-refractivity contribution in [1.29, 1.82) is 0 Å². The van der Waals surface area contributed by atoms with Gasteiger partial charge in [-0.1, -0.05) is 24.3 Å². The summed E-state index contributed by atoms with van der Waals surface area (Å²) in [6.07, 6.45) is 0. The van der Waals surface area contributed by atoms with Crippen LogP contribution in [-0.4, -0.2) is 31.7 Å². The van der Waals surface area contributed by atoms with Crippen molar-refractivity contribution in [3.63, 3.8) is 0 Å². The van der Waals surface area contributed by atoms with E-state index in [4.69, 9.17) is 0 Å². The number of ether oxygens (including phenoxy) is 1. The highest BCUT2D eigenvalue weighted by molar-refractivity contribution is 7.92. The Bertz CT molecular complexity index is 844. The number of hydrogen-bond acceptors (Lipinski definition) is 6. The van der Waals surface area contributed by atoms with Crippen LogP contribution in [0.2, 0.25) is 0 Å². The van der Waals surface area contributed by atoms with Crippen LogP contribution in [0, 0.1) is 10.1 Å². The Kier molecular flexibility index (Phi) is 4.41. The molecule has 2 rings (SSSR count). The second-order valence-electron chi connectivity index (χ2n) is 4.45. The van der Waals surface area contributed by atoms with Crippen molar-refractivity contribution in [1.82, 2.24) is 0 Å². The molecule has 0 aliphatic carbocycles. The van der Waals surface area contributed by atoms with E-state index in [2.05, 4.69) is 4.74 Å². The maximum Gasteiger partial charge on any atom is 0.321 e. The quantitative estimate of drug-likeness (QED) is 0.474. The number of sulfone groups is 1. The first-order chi connectivity index (χ1) is 10.4. The van der Waals surface area contributed by atoms with Gasteiger partial charge in [-0.05, 0) is 24.4 Å². The first kappa shape index (κ1) is 15.9. The third kappa shape index (κ3) is 3.06. The predicted octanol–water partition coefficient (Wildman–Crippen LogP) is 2.08. The van der Waals surface area contributed by atoms with Crippen molar-refractivity contribution < 1.29 is 22.9 Å². The van der Waals surface area contributed by atoms with E-state index >= 15 is 0 Å². The lowest BCUT2D eigenvalue weighted by Gasteiger charge is -2.07. The Morgan fingerprint density at radius 3 is 2.55 bits per heavy atom. The van der Waals surface area contributed by atoms with Crippen LogP contribution in [0.4, 0.5) is 5.69 Å². The summed E-state index contributed by atoms with van der Waals surface area (Å²) in [6, 6.07) is 9.01. The van der Waals surface area contributed by atoms with Gasteiger partial charge in [0.05, 0.1) is 16.9 Å². The van der Waals surface area contributed by atoms with Gasteiger partial charge in [-0.3, -0.25) is 14.9 Å². The molecule has 7 nitrogen and oxygen atoms in total. The molecule has 0 aromatic heterocycles. The smallest absolute Gasteiger partial charge is 0.321 e. The predicted molar refractivity (Wildman–Crippen MR) is 79.3 cm³/mol. The van der Waals surface area contributed by atoms with E-state index in [9.17, 15) is 23.3 Å². The van der Waals surface area contributed by atoms with Crippen LogP contribution in [0.1, 0.15) is 6.92 Å². The molecular weight excluding hydrogens is 310 g/mol. The average Bonchev–Trinajstić information content (AvgIpc) is 2.45. The van der Waals surface area contributed by atoms with Crippen LogP contribution in [-0.2, 0) is 19.4 Å². The standard InChI is InChI=1S/C14H13NO6S/c1-2-21-13(16)9-22(19,20)12-8-7-10-5-3-4-6-11(10)14(12)15(17)18/h3-8H,2,9H2,1H3. The zero-order chi connectivity index (χ0) is 16.3. The van der Waals surface area contributed by atoms with Gasteiger partial charge in [0, 0.05) is 0 Å². The van der Waals surface area contributed by atoms with Gasteiger partial charge < -0.3 is 4.74 Å². The largest absolute Gasteiger partial charge is 0.465 e. The Morgan fingerprint density at radius 1 is 1.23 bits per heavy atom. The molecular formula is C14H13NO6S. The van der Waals surface area contributed by atoms with E-state index in [0.717, 1.165) is 6.07 Å². The summed E-state index contributed by atoms with van der Waals surface area (Å²) >= 11 is 0. The van der Waals surface area contributed by atoms with Crippen LogP contribution in [0.5, 0.6) is 0 Å². The zero-order valence-corrected chi connectivity index (χ0v) is 12.5. The van der Waals surface area contributed by atoms with Crippen LogP contribution >= 0.6 is 0 Å². The summed E-state index contributed by atoms with van der Waals surface area (Å²) in [6.45, 7) is 1.58. The molecule has 0 saturated heterocycles. The summed E-state index contributed by atoms with van der Waals surface area (Å²) in [7, 11) is -4.17. The highest BCUT2D eigenvalue weighted by Gasteiger charge is 2.30. The van der Waals surface area contributed by atoms with E-state index in [0.29, 0.717) is 5.39 Å². The lowest BCUT2D eigenvalue weighted by Crippen LogP contribution is -2.19. The number of benzene rings is 2. The second-order valence-corrected chi connectivity index (χ2v) is 6.41. The molecule has 0 fully saturated rings. The number of nitro benzene ring substituents is 1. The fourth-order valence-corrected chi connectivity index (χ4v) is 3.41. The molecule has 116 valence electrons. The minimum atomic E-state index is -4.17. The molecule has 0 heterocycles. The van der Waals surface area contributed by atoms with Gasteiger partial charge in [0.2, 0.25) is 0 Å². The van der Waals surface area contributed by atoms with E-state index < -0.39 is 37.1 Å². The van der Waals surface area contributed by atoms with Crippen molar-refractivity contribution in [3.05, 3.63) is 46.5 Å². The van der Waals surface area contributed by atoms with Gasteiger partial charge in [0.15, 0.2) is 15.6 Å². The van der Waals surface area contributed by atoms with E-state index in [-0.39, 0.29) is 12.0 Å². The van der Waals surface area contributed by atoms with Crippen molar-refractivity contribution >= 4 is 32.3 Å². The number of esters is 1. The number of hydrogen-bond donors (Lipinski definition) is 0. The third-order valence-corrected chi connectivity index (χ3v) is 4.61. The molecule has 22 heavy (non-hydrogen) atoms. The number of carbonyl (C=O) groups excluding carboxylic acids is 1. The summed E-state index contributed by atoms with van der Waals surface area (Å²) < 4.78 is 29.2. The van der Waals surface area contributed by atoms with E-state index in [1.54, 1.807) is 25.1 Å². The maximum absolute atomic E-state index is 12.3. The maximum atomic E-state index is 12.3. The first-order valence-corrected chi connectivity index (χ1v) is 8.06. The molecule has 0 unspecified atom stereocenters. The fourth-order valence-electron chi connectivity index (χ4n) is 2.11. The molecule has 0 bridgehead atoms. The van der Waals surface area contributed by atoms with Crippen LogP contribution < -0.4 is 0 Å². The molecule has 0 aliphatic rings. The topological polar surface area (TPSA) is 104 Å². The Balaban J connectivity index is 2.62. The first-order valence-electron chi connectivity index (χ1n) is 6.41. The fraction of sp³-hybridized carbons (Fsp3) is 0.214. The Hall–Kier alpha value is -2.48. The third-order valence-electron chi connectivity index (χ3n) is 2.99. The van der Waals surface area contributed by atoms with Gasteiger partial charge in [0.1, 0.15) is 4.90 Å². The summed E-state index contributed by atoms with van der Waals surface area (Å²) in [5, 5.41) is 12.1. The minimum Gasteiger partial charge on any atom is -0.465 e. The highest BCUT2D eigenvalue weighted by Crippen LogP contribution is 2.33. The van der Waals surface area contributed by atoms with Crippen molar-refractivity contribution in [3.8, 4) is 0 Å². The minimum absolute atomic E-state index is 0.0359.